The smallest absolute Gasteiger partial charge is 0.290 e. The molecule has 0 aromatic carbocycles. The maximum Gasteiger partial charge on any atom is 0.290 e. The summed E-state index contributed by atoms with van der Waals surface area (Å²) in [6.45, 7) is 0.966. The van der Waals surface area contributed by atoms with Crippen molar-refractivity contribution in [2.24, 2.45) is 0 Å². The quantitative estimate of drug-likeness (QED) is 0.755. The summed E-state index contributed by atoms with van der Waals surface area (Å²) in [5.74, 6) is -1.01. The van der Waals surface area contributed by atoms with Crippen molar-refractivity contribution in [2.45, 2.75) is 6.04 Å². The predicted molar refractivity (Wildman–Crippen MR) is 99.6 cm³/mol. The molecule has 7 heteroatoms. The Bertz CT molecular complexity index is 870. The van der Waals surface area contributed by atoms with Crippen molar-refractivity contribution in [1.82, 2.24) is 14.8 Å². The molecule has 0 aliphatic carbocycles. The van der Waals surface area contributed by atoms with E-state index in [-0.39, 0.29) is 5.57 Å². The number of nitrogens with zero attached hydrogens (tertiary/aromatic N) is 3. The van der Waals surface area contributed by atoms with Gasteiger partial charge in [0.2, 0.25) is 0 Å². The summed E-state index contributed by atoms with van der Waals surface area (Å²) in [6, 6.07) is 6.26. The second-order valence-corrected chi connectivity index (χ2v) is 6.47. The number of likely N-dealkylation sites (N-methyl/N-ethyl adjacent to an activating group) is 1. The van der Waals surface area contributed by atoms with Gasteiger partial charge in [0.05, 0.1) is 17.9 Å². The van der Waals surface area contributed by atoms with E-state index in [9.17, 15) is 14.7 Å². The minimum Gasteiger partial charge on any atom is -0.503 e. The van der Waals surface area contributed by atoms with Crippen molar-refractivity contribution in [1.29, 1.82) is 0 Å². The number of allylic oxidation sites excluding steroid dienone is 1. The molecule has 0 bridgehead atoms. The zero-order chi connectivity index (χ0) is 19.4. The van der Waals surface area contributed by atoms with Crippen LogP contribution in [-0.2, 0) is 9.59 Å². The van der Waals surface area contributed by atoms with Crippen LogP contribution in [-0.4, -0.2) is 58.8 Å². The third kappa shape index (κ3) is 3.98. The Morgan fingerprint density at radius 2 is 2.19 bits per heavy atom. The van der Waals surface area contributed by atoms with Gasteiger partial charge in [0.15, 0.2) is 11.5 Å². The molecule has 0 fully saturated rings. The van der Waals surface area contributed by atoms with Crippen LogP contribution in [0.15, 0.2) is 64.7 Å². The maximum atomic E-state index is 12.8. The van der Waals surface area contributed by atoms with Crippen molar-refractivity contribution >= 4 is 17.8 Å². The summed E-state index contributed by atoms with van der Waals surface area (Å²) in [5, 5.41) is 10.4. The van der Waals surface area contributed by atoms with E-state index in [1.807, 2.05) is 19.0 Å². The molecular formula is C20H21N3O4. The van der Waals surface area contributed by atoms with Gasteiger partial charge in [-0.25, -0.2) is 0 Å². The molecule has 3 heterocycles. The number of pyridine rings is 1. The molecule has 0 spiro atoms. The molecule has 0 saturated heterocycles. The summed E-state index contributed by atoms with van der Waals surface area (Å²) in [6.07, 6.45) is 7.53. The molecule has 0 radical (unpaired) electrons. The first-order chi connectivity index (χ1) is 13.0. The highest BCUT2D eigenvalue weighted by atomic mass is 16.3. The second-order valence-electron chi connectivity index (χ2n) is 6.47. The van der Waals surface area contributed by atoms with Crippen molar-refractivity contribution in [3.05, 3.63) is 71.7 Å². The monoisotopic (exact) mass is 367 g/mol. The Labute approximate surface area is 157 Å². The van der Waals surface area contributed by atoms with Crippen molar-refractivity contribution in [2.75, 3.05) is 27.2 Å². The number of aliphatic hydroxyl groups excluding tert-OH is 1. The average Bonchev–Trinajstić information content (AvgIpc) is 3.26. The maximum absolute atomic E-state index is 12.8. The summed E-state index contributed by atoms with van der Waals surface area (Å²) in [5.41, 5.74) is 0.720. The van der Waals surface area contributed by atoms with Crippen LogP contribution in [0.5, 0.6) is 0 Å². The van der Waals surface area contributed by atoms with Crippen LogP contribution in [0, 0.1) is 0 Å². The Morgan fingerprint density at radius 1 is 1.37 bits per heavy atom. The minimum absolute atomic E-state index is 0.0505. The van der Waals surface area contributed by atoms with Crippen LogP contribution < -0.4 is 0 Å². The van der Waals surface area contributed by atoms with E-state index >= 15 is 0 Å². The molecule has 2 aromatic heterocycles. The van der Waals surface area contributed by atoms with Crippen LogP contribution in [0.3, 0.4) is 0 Å². The van der Waals surface area contributed by atoms with E-state index in [4.69, 9.17) is 4.42 Å². The summed E-state index contributed by atoms with van der Waals surface area (Å²) >= 11 is 0. The molecule has 27 heavy (non-hydrogen) atoms. The van der Waals surface area contributed by atoms with Gasteiger partial charge in [-0.05, 0) is 50.0 Å². The Balaban J connectivity index is 1.95. The van der Waals surface area contributed by atoms with E-state index < -0.39 is 23.5 Å². The number of furan rings is 1. The fraction of sp³-hybridized carbons (Fsp3) is 0.250. The lowest BCUT2D eigenvalue weighted by Crippen LogP contribution is -2.36. The molecule has 7 nitrogen and oxygen atoms in total. The van der Waals surface area contributed by atoms with E-state index in [2.05, 4.69) is 4.98 Å². The van der Waals surface area contributed by atoms with Crippen LogP contribution in [0.1, 0.15) is 17.4 Å². The van der Waals surface area contributed by atoms with Crippen molar-refractivity contribution in [3.63, 3.8) is 0 Å². The zero-order valence-electron chi connectivity index (χ0n) is 15.2. The van der Waals surface area contributed by atoms with E-state index in [0.29, 0.717) is 24.4 Å². The first-order valence-electron chi connectivity index (χ1n) is 8.53. The molecular weight excluding hydrogens is 346 g/mol. The van der Waals surface area contributed by atoms with E-state index in [1.165, 1.54) is 23.3 Å². The number of hydrogen-bond donors (Lipinski definition) is 1. The Morgan fingerprint density at radius 3 is 2.81 bits per heavy atom. The minimum atomic E-state index is -0.681. The molecule has 1 N–H and O–H groups in total. The molecule has 1 aliphatic rings. The van der Waals surface area contributed by atoms with Crippen LogP contribution >= 0.6 is 0 Å². The molecule has 3 rings (SSSR count). The molecule has 2 aromatic rings. The first-order valence-corrected chi connectivity index (χ1v) is 8.53. The van der Waals surface area contributed by atoms with E-state index in [0.717, 1.165) is 0 Å². The third-order valence-electron chi connectivity index (χ3n) is 4.30. The van der Waals surface area contributed by atoms with Gasteiger partial charge in [-0.15, -0.1) is 0 Å². The van der Waals surface area contributed by atoms with Gasteiger partial charge in [0, 0.05) is 25.5 Å². The van der Waals surface area contributed by atoms with Crippen LogP contribution in [0.2, 0.25) is 0 Å². The fourth-order valence-electron chi connectivity index (χ4n) is 2.96. The van der Waals surface area contributed by atoms with Gasteiger partial charge in [-0.1, -0.05) is 6.07 Å². The SMILES string of the molecule is CN(C)CCN1C(=O)C(O)=C(C(=O)/C=C/c2ccco2)[C@@H]1c1cccnc1. The van der Waals surface area contributed by atoms with Gasteiger partial charge in [-0.3, -0.25) is 14.6 Å². The highest BCUT2D eigenvalue weighted by Gasteiger charge is 2.42. The van der Waals surface area contributed by atoms with E-state index in [1.54, 1.807) is 36.7 Å². The number of carbonyl (C=O) groups is 2. The zero-order valence-corrected chi connectivity index (χ0v) is 15.2. The normalized spacial score (nSPS) is 17.5. The molecule has 0 unspecified atom stereocenters. The second kappa shape index (κ2) is 8.01. The number of rotatable bonds is 7. The lowest BCUT2D eigenvalue weighted by Gasteiger charge is -2.27. The number of amides is 1. The van der Waals surface area contributed by atoms with Crippen molar-refractivity contribution in [3.8, 4) is 0 Å². The number of aliphatic hydroxyl groups is 1. The molecule has 0 saturated carbocycles. The number of hydrogen-bond acceptors (Lipinski definition) is 6. The first kappa shape index (κ1) is 18.6. The van der Waals surface area contributed by atoms with Gasteiger partial charge in [0.1, 0.15) is 5.76 Å². The Hall–Kier alpha value is -3.19. The van der Waals surface area contributed by atoms with Gasteiger partial charge in [-0.2, -0.15) is 0 Å². The lowest BCUT2D eigenvalue weighted by molar-refractivity contribution is -0.129. The van der Waals surface area contributed by atoms with Gasteiger partial charge in [0.25, 0.3) is 5.91 Å². The molecule has 1 atom stereocenters. The van der Waals surface area contributed by atoms with Gasteiger partial charge >= 0.3 is 0 Å². The predicted octanol–water partition coefficient (Wildman–Crippen LogP) is 2.21. The largest absolute Gasteiger partial charge is 0.503 e. The topological polar surface area (TPSA) is 86.9 Å². The standard InChI is InChI=1S/C20H21N3O4/c1-22(2)10-11-23-18(14-5-3-9-21-13-14)17(19(25)20(23)26)16(24)8-7-15-6-4-12-27-15/h3-9,12-13,18,25H,10-11H2,1-2H3/b8-7+/t18-/m0/s1. The fourth-order valence-corrected chi connectivity index (χ4v) is 2.96. The summed E-state index contributed by atoms with van der Waals surface area (Å²) in [7, 11) is 3.79. The summed E-state index contributed by atoms with van der Waals surface area (Å²) < 4.78 is 5.18. The van der Waals surface area contributed by atoms with Crippen LogP contribution in [0.25, 0.3) is 6.08 Å². The molecule has 1 amide bonds. The molecule has 1 aliphatic heterocycles. The number of aromatic nitrogens is 1. The highest BCUT2D eigenvalue weighted by molar-refractivity contribution is 6.14. The van der Waals surface area contributed by atoms with Crippen LogP contribution in [0.4, 0.5) is 0 Å². The lowest BCUT2D eigenvalue weighted by atomic mass is 9.97. The Kier molecular flexibility index (Phi) is 5.52. The number of ketones is 1. The summed E-state index contributed by atoms with van der Waals surface area (Å²) in [4.78, 5) is 33.0. The number of carbonyl (C=O) groups excluding carboxylic acids is 2. The molecule has 140 valence electrons. The van der Waals surface area contributed by atoms with Crippen molar-refractivity contribution < 1.29 is 19.1 Å². The third-order valence-corrected chi connectivity index (χ3v) is 4.30. The average molecular weight is 367 g/mol. The highest BCUT2D eigenvalue weighted by Crippen LogP contribution is 2.37. The van der Waals surface area contributed by atoms with Gasteiger partial charge < -0.3 is 19.3 Å².